The van der Waals surface area contributed by atoms with Gasteiger partial charge in [-0.1, -0.05) is 31.6 Å². The largest absolute Gasteiger partial charge is 0.212 e. The maximum absolute atomic E-state index is 10.7. The fraction of sp³-hybridized carbons (Fsp3) is 0.545. The fourth-order valence-electron chi connectivity index (χ4n) is 2.17. The van der Waals surface area contributed by atoms with E-state index in [2.05, 4.69) is 32.1 Å². The van der Waals surface area contributed by atoms with Gasteiger partial charge in [0.15, 0.2) is 0 Å². The summed E-state index contributed by atoms with van der Waals surface area (Å²) in [6, 6.07) is 0. The Morgan fingerprint density at radius 3 is 3.08 bits per heavy atom. The number of fused-ring (bicyclic) bond motifs is 1. The number of allylic oxidation sites excluding steroid dienone is 4. The Labute approximate surface area is 82.6 Å². The van der Waals surface area contributed by atoms with Crippen LogP contribution >= 0.6 is 0 Å². The van der Waals surface area contributed by atoms with Gasteiger partial charge in [0, 0.05) is 16.2 Å². The van der Waals surface area contributed by atoms with E-state index in [0.717, 1.165) is 11.3 Å². The highest BCUT2D eigenvalue weighted by molar-refractivity contribution is 7.67. The van der Waals surface area contributed by atoms with Crippen molar-refractivity contribution in [3.63, 3.8) is 0 Å². The van der Waals surface area contributed by atoms with Gasteiger partial charge in [0.1, 0.15) is 0 Å². The van der Waals surface area contributed by atoms with Crippen molar-refractivity contribution in [2.75, 3.05) is 0 Å². The van der Waals surface area contributed by atoms with Crippen LogP contribution in [0, 0.1) is 11.3 Å². The number of hydrogen-bond acceptors (Lipinski definition) is 1. The molecule has 0 aromatic rings. The minimum atomic E-state index is 0.267. The third kappa shape index (κ3) is 1.16. The van der Waals surface area contributed by atoms with Gasteiger partial charge in [-0.15, -0.1) is 0 Å². The van der Waals surface area contributed by atoms with Gasteiger partial charge in [0.05, 0.1) is 11.3 Å². The highest BCUT2D eigenvalue weighted by atomic mass is 32.1. The lowest BCUT2D eigenvalue weighted by Crippen LogP contribution is -2.15. The first-order valence-electron chi connectivity index (χ1n) is 4.80. The summed E-state index contributed by atoms with van der Waals surface area (Å²) in [5.41, 5.74) is 1.73. The van der Waals surface area contributed by atoms with Crippen LogP contribution in [0.15, 0.2) is 23.8 Å². The molecule has 0 spiro atoms. The Hall–Kier alpha value is -0.630. The van der Waals surface area contributed by atoms with Crippen LogP contribution in [0.4, 0.5) is 0 Å². The lowest BCUT2D eigenvalue weighted by Gasteiger charge is -2.13. The van der Waals surface area contributed by atoms with Crippen LogP contribution in [0.25, 0.3) is 0 Å². The predicted octanol–water partition coefficient (Wildman–Crippen LogP) is 2.30. The average molecular weight is 194 g/mol. The van der Waals surface area contributed by atoms with Gasteiger partial charge >= 0.3 is 0 Å². The molecule has 1 fully saturated rings. The summed E-state index contributed by atoms with van der Waals surface area (Å²) < 4.78 is 10.7. The molecule has 1 nitrogen and oxygen atoms in total. The van der Waals surface area contributed by atoms with Crippen LogP contribution in [0.2, 0.25) is 0 Å². The maximum atomic E-state index is 10.7. The first-order valence-corrected chi connectivity index (χ1v) is 5.54. The monoisotopic (exact) mass is 194 g/mol. The van der Waals surface area contributed by atoms with Gasteiger partial charge in [-0.3, -0.25) is 0 Å². The standard InChI is InChI=1S/C11H14OS/c1-3-4-5-11-7-9(11)6-10(13-12)8(11)2/h4-6,8H,3,7H2,1-2H3/b5-4-/t8?,11-/m0/s1. The second-order valence-electron chi connectivity index (χ2n) is 3.90. The first kappa shape index (κ1) is 8.95. The molecule has 0 radical (unpaired) electrons. The fourth-order valence-corrected chi connectivity index (χ4v) is 2.72. The normalized spacial score (nSPS) is 36.3. The highest BCUT2D eigenvalue weighted by Crippen LogP contribution is 2.62. The van der Waals surface area contributed by atoms with Crippen LogP contribution in [0.5, 0.6) is 0 Å². The molecule has 0 heterocycles. The van der Waals surface area contributed by atoms with E-state index in [1.807, 2.05) is 0 Å². The third-order valence-electron chi connectivity index (χ3n) is 3.22. The van der Waals surface area contributed by atoms with Crippen molar-refractivity contribution in [2.24, 2.45) is 11.3 Å². The second-order valence-corrected chi connectivity index (χ2v) is 4.54. The molecule has 0 amide bonds. The molecule has 0 aromatic carbocycles. The van der Waals surface area contributed by atoms with Crippen molar-refractivity contribution in [3.05, 3.63) is 23.8 Å². The summed E-state index contributed by atoms with van der Waals surface area (Å²) in [7, 11) is 0. The van der Waals surface area contributed by atoms with Crippen LogP contribution in [-0.4, -0.2) is 9.07 Å². The molecular weight excluding hydrogens is 180 g/mol. The Bertz CT molecular complexity index is 347. The molecule has 0 aromatic heterocycles. The highest BCUT2D eigenvalue weighted by Gasteiger charge is 2.55. The SMILES string of the molecule is CC/C=C\[C@@]12CC1=CC(=S=O)C2C. The zero-order valence-corrected chi connectivity index (χ0v) is 8.86. The third-order valence-corrected chi connectivity index (χ3v) is 3.88. The van der Waals surface area contributed by atoms with Gasteiger partial charge in [-0.25, -0.2) is 4.21 Å². The van der Waals surface area contributed by atoms with E-state index >= 15 is 0 Å². The molecule has 1 saturated carbocycles. The quantitative estimate of drug-likeness (QED) is 0.487. The molecule has 2 atom stereocenters. The zero-order chi connectivity index (χ0) is 9.47. The minimum absolute atomic E-state index is 0.267. The summed E-state index contributed by atoms with van der Waals surface area (Å²) in [6.07, 6.45) is 8.88. The molecule has 0 bridgehead atoms. The van der Waals surface area contributed by atoms with Crippen molar-refractivity contribution in [1.82, 2.24) is 0 Å². The summed E-state index contributed by atoms with van der Waals surface area (Å²) in [5.74, 6) is 0.424. The van der Waals surface area contributed by atoms with E-state index in [-0.39, 0.29) is 5.41 Å². The van der Waals surface area contributed by atoms with Gasteiger partial charge in [-0.2, -0.15) is 0 Å². The van der Waals surface area contributed by atoms with E-state index in [1.54, 1.807) is 0 Å². The Morgan fingerprint density at radius 1 is 1.77 bits per heavy atom. The average Bonchev–Trinajstić information content (AvgIpc) is 2.79. The molecular formula is C11H14OS. The molecule has 13 heavy (non-hydrogen) atoms. The first-order chi connectivity index (χ1) is 6.24. The van der Waals surface area contributed by atoms with E-state index in [1.165, 1.54) is 12.0 Å². The summed E-state index contributed by atoms with van der Waals surface area (Å²) >= 11 is 0.663. The van der Waals surface area contributed by atoms with E-state index < -0.39 is 0 Å². The zero-order valence-electron chi connectivity index (χ0n) is 8.04. The summed E-state index contributed by atoms with van der Waals surface area (Å²) in [4.78, 5) is 1.02. The predicted molar refractivity (Wildman–Crippen MR) is 56.9 cm³/mol. The summed E-state index contributed by atoms with van der Waals surface area (Å²) in [6.45, 7) is 4.31. The van der Waals surface area contributed by atoms with Crippen LogP contribution < -0.4 is 0 Å². The van der Waals surface area contributed by atoms with Gasteiger partial charge in [0.2, 0.25) is 0 Å². The molecule has 1 unspecified atom stereocenters. The smallest absolute Gasteiger partial charge is 0.0923 e. The van der Waals surface area contributed by atoms with Crippen LogP contribution in [-0.2, 0) is 11.3 Å². The van der Waals surface area contributed by atoms with Gasteiger partial charge < -0.3 is 0 Å². The maximum Gasteiger partial charge on any atom is 0.0923 e. The molecule has 0 N–H and O–H groups in total. The minimum Gasteiger partial charge on any atom is -0.212 e. The molecule has 2 heteroatoms. The molecule has 0 saturated heterocycles. The number of hydrogen-bond donors (Lipinski definition) is 0. The summed E-state index contributed by atoms with van der Waals surface area (Å²) in [5, 5.41) is 0. The molecule has 0 aliphatic heterocycles. The molecule has 2 aliphatic carbocycles. The van der Waals surface area contributed by atoms with E-state index in [9.17, 15) is 4.21 Å². The Morgan fingerprint density at radius 2 is 2.54 bits per heavy atom. The Balaban J connectivity index is 2.28. The Kier molecular flexibility index (Phi) is 2.03. The lowest BCUT2D eigenvalue weighted by atomic mass is 9.91. The van der Waals surface area contributed by atoms with Gasteiger partial charge in [0.25, 0.3) is 0 Å². The molecule has 2 aliphatic rings. The molecule has 70 valence electrons. The van der Waals surface area contributed by atoms with E-state index in [0.29, 0.717) is 17.2 Å². The van der Waals surface area contributed by atoms with Crippen LogP contribution in [0.1, 0.15) is 26.7 Å². The van der Waals surface area contributed by atoms with Gasteiger partial charge in [-0.05, 0) is 18.9 Å². The number of rotatable bonds is 2. The van der Waals surface area contributed by atoms with Crippen molar-refractivity contribution in [3.8, 4) is 0 Å². The second kappa shape index (κ2) is 2.95. The molecule has 2 rings (SSSR count). The van der Waals surface area contributed by atoms with Crippen molar-refractivity contribution in [2.45, 2.75) is 26.7 Å². The van der Waals surface area contributed by atoms with E-state index in [4.69, 9.17) is 0 Å². The topological polar surface area (TPSA) is 17.1 Å². The van der Waals surface area contributed by atoms with Crippen molar-refractivity contribution >= 4 is 16.1 Å². The van der Waals surface area contributed by atoms with Crippen molar-refractivity contribution in [1.29, 1.82) is 0 Å². The van der Waals surface area contributed by atoms with Crippen molar-refractivity contribution < 1.29 is 4.21 Å². The van der Waals surface area contributed by atoms with Crippen LogP contribution in [0.3, 0.4) is 0 Å². The lowest BCUT2D eigenvalue weighted by molar-refractivity contribution is 0.564.